The quantitative estimate of drug-likeness (QED) is 0.708. The van der Waals surface area contributed by atoms with E-state index in [1.54, 1.807) is 12.2 Å². The Balaban J connectivity index is 2.39. The number of ether oxygens (including phenoxy) is 1. The van der Waals surface area contributed by atoms with Crippen molar-refractivity contribution in [3.63, 3.8) is 0 Å². The first kappa shape index (κ1) is 12.1. The van der Waals surface area contributed by atoms with Crippen molar-refractivity contribution in [1.29, 1.82) is 0 Å². The lowest BCUT2D eigenvalue weighted by Crippen LogP contribution is -2.51. The first-order valence-electron chi connectivity index (χ1n) is 5.61. The number of carbonyl (C=O) groups is 1. The van der Waals surface area contributed by atoms with Crippen molar-refractivity contribution in [2.45, 2.75) is 32.0 Å². The number of ketones is 1. The monoisotopic (exact) mass is 236 g/mol. The minimum Gasteiger partial charge on any atom is -0.489 e. The zero-order valence-corrected chi connectivity index (χ0v) is 9.93. The molecule has 17 heavy (non-hydrogen) atoms. The summed E-state index contributed by atoms with van der Waals surface area (Å²) in [5.41, 5.74) is -0.476. The molecule has 0 spiro atoms. The van der Waals surface area contributed by atoms with Gasteiger partial charge in [0.2, 0.25) is 0 Å². The fraction of sp³-hybridized carbons (Fsp3) is 0.462. The van der Waals surface area contributed by atoms with Crippen LogP contribution in [-0.4, -0.2) is 34.3 Å². The Morgan fingerprint density at radius 1 is 1.59 bits per heavy atom. The van der Waals surface area contributed by atoms with Crippen LogP contribution in [0.25, 0.3) is 0 Å². The van der Waals surface area contributed by atoms with Crippen LogP contribution in [0.1, 0.15) is 20.3 Å². The van der Waals surface area contributed by atoms with Crippen LogP contribution in [0.15, 0.2) is 35.1 Å². The molecule has 0 fully saturated rings. The molecule has 0 saturated heterocycles. The van der Waals surface area contributed by atoms with Gasteiger partial charge >= 0.3 is 0 Å². The highest BCUT2D eigenvalue weighted by atomic mass is 16.5. The molecule has 0 unspecified atom stereocenters. The smallest absolute Gasteiger partial charge is 0.196 e. The van der Waals surface area contributed by atoms with Crippen molar-refractivity contribution in [3.8, 4) is 0 Å². The number of aliphatic hydroxyl groups excluding tert-OH is 1. The molecule has 0 aromatic rings. The standard InChI is InChI=1S/C13H16O4/c1-3-4-9-5-8-6-11(14)13(2,16)12(15)10(8)7-17-9/h3-5,11,14,16H,6-7H2,1-2H3/b4-3+/t11-,13+/m0/s1. The molecule has 0 amide bonds. The summed E-state index contributed by atoms with van der Waals surface area (Å²) in [5, 5.41) is 19.7. The molecule has 2 N–H and O–H groups in total. The van der Waals surface area contributed by atoms with Crippen LogP contribution in [0.2, 0.25) is 0 Å². The number of hydrogen-bond donors (Lipinski definition) is 2. The van der Waals surface area contributed by atoms with Crippen molar-refractivity contribution >= 4 is 5.78 Å². The predicted octanol–water partition coefficient (Wildman–Crippen LogP) is 0.858. The number of allylic oxidation sites excluding steroid dienone is 3. The van der Waals surface area contributed by atoms with E-state index in [9.17, 15) is 15.0 Å². The lowest BCUT2D eigenvalue weighted by atomic mass is 9.77. The zero-order chi connectivity index (χ0) is 12.6. The van der Waals surface area contributed by atoms with E-state index >= 15 is 0 Å². The third kappa shape index (κ3) is 1.94. The average molecular weight is 236 g/mol. The van der Waals surface area contributed by atoms with Crippen molar-refractivity contribution in [3.05, 3.63) is 35.1 Å². The molecule has 0 saturated carbocycles. The number of Topliss-reactive ketones (excluding diaryl/α,β-unsaturated/α-hetero) is 1. The van der Waals surface area contributed by atoms with Gasteiger partial charge in [0.05, 0.1) is 6.10 Å². The summed E-state index contributed by atoms with van der Waals surface area (Å²) in [6.07, 6.45) is 4.60. The maximum atomic E-state index is 12.0. The Bertz CT molecular complexity index is 440. The van der Waals surface area contributed by atoms with Gasteiger partial charge in [-0.1, -0.05) is 6.08 Å². The first-order chi connectivity index (χ1) is 7.96. The Morgan fingerprint density at radius 2 is 2.29 bits per heavy atom. The zero-order valence-electron chi connectivity index (χ0n) is 9.93. The summed E-state index contributed by atoms with van der Waals surface area (Å²) in [5.74, 6) is 0.231. The number of hydrogen-bond acceptors (Lipinski definition) is 4. The molecule has 4 heteroatoms. The van der Waals surface area contributed by atoms with Crippen LogP contribution in [0.5, 0.6) is 0 Å². The summed E-state index contributed by atoms with van der Waals surface area (Å²) in [4.78, 5) is 12.0. The molecule has 4 nitrogen and oxygen atoms in total. The second kappa shape index (κ2) is 4.13. The van der Waals surface area contributed by atoms with Gasteiger partial charge in [-0.2, -0.15) is 0 Å². The van der Waals surface area contributed by atoms with E-state index in [0.29, 0.717) is 11.3 Å². The molecule has 2 rings (SSSR count). The summed E-state index contributed by atoms with van der Waals surface area (Å²) in [6, 6.07) is 0. The third-order valence-corrected chi connectivity index (χ3v) is 3.21. The fourth-order valence-corrected chi connectivity index (χ4v) is 2.07. The maximum Gasteiger partial charge on any atom is 0.196 e. The van der Waals surface area contributed by atoms with Crippen LogP contribution in [0.3, 0.4) is 0 Å². The minimum atomic E-state index is -1.70. The van der Waals surface area contributed by atoms with Gasteiger partial charge in [-0.15, -0.1) is 0 Å². The number of rotatable bonds is 1. The van der Waals surface area contributed by atoms with Gasteiger partial charge in [-0.3, -0.25) is 4.79 Å². The molecule has 1 aliphatic heterocycles. The lowest BCUT2D eigenvalue weighted by molar-refractivity contribution is -0.145. The van der Waals surface area contributed by atoms with Gasteiger partial charge in [-0.25, -0.2) is 0 Å². The topological polar surface area (TPSA) is 66.8 Å². The Labute approximate surface area is 99.9 Å². The van der Waals surface area contributed by atoms with E-state index in [2.05, 4.69) is 0 Å². The van der Waals surface area contributed by atoms with E-state index in [1.807, 2.05) is 13.0 Å². The largest absolute Gasteiger partial charge is 0.489 e. The van der Waals surface area contributed by atoms with E-state index in [4.69, 9.17) is 4.74 Å². The van der Waals surface area contributed by atoms with Gasteiger partial charge in [0.1, 0.15) is 12.4 Å². The molecule has 0 aromatic carbocycles. The van der Waals surface area contributed by atoms with Crippen LogP contribution in [0, 0.1) is 0 Å². The van der Waals surface area contributed by atoms with E-state index < -0.39 is 17.5 Å². The van der Waals surface area contributed by atoms with Crippen LogP contribution in [0.4, 0.5) is 0 Å². The van der Waals surface area contributed by atoms with Gasteiger partial charge in [0.15, 0.2) is 11.4 Å². The second-order valence-corrected chi connectivity index (χ2v) is 4.54. The molecule has 2 atom stereocenters. The van der Waals surface area contributed by atoms with E-state index in [-0.39, 0.29) is 13.0 Å². The van der Waals surface area contributed by atoms with Crippen molar-refractivity contribution in [1.82, 2.24) is 0 Å². The summed E-state index contributed by atoms with van der Waals surface area (Å²) < 4.78 is 5.39. The molecule has 2 aliphatic rings. The Morgan fingerprint density at radius 3 is 2.94 bits per heavy atom. The minimum absolute atomic E-state index is 0.160. The van der Waals surface area contributed by atoms with Crippen LogP contribution in [-0.2, 0) is 9.53 Å². The third-order valence-electron chi connectivity index (χ3n) is 3.21. The highest BCUT2D eigenvalue weighted by Gasteiger charge is 2.45. The Kier molecular flexibility index (Phi) is 2.93. The molecular weight excluding hydrogens is 220 g/mol. The van der Waals surface area contributed by atoms with Crippen LogP contribution >= 0.6 is 0 Å². The van der Waals surface area contributed by atoms with Crippen molar-refractivity contribution in [2.24, 2.45) is 0 Å². The summed E-state index contributed by atoms with van der Waals surface area (Å²) >= 11 is 0. The number of carbonyl (C=O) groups excluding carboxylic acids is 1. The maximum absolute atomic E-state index is 12.0. The van der Waals surface area contributed by atoms with Crippen molar-refractivity contribution in [2.75, 3.05) is 6.61 Å². The van der Waals surface area contributed by atoms with E-state index in [1.165, 1.54) is 6.92 Å². The predicted molar refractivity (Wildman–Crippen MR) is 62.1 cm³/mol. The number of aliphatic hydroxyl groups is 2. The van der Waals surface area contributed by atoms with Gasteiger partial charge < -0.3 is 14.9 Å². The SMILES string of the molecule is C/C=C/C1=CC2=C(CO1)C(=O)[C@](C)(O)[C@@H](O)C2. The molecule has 0 radical (unpaired) electrons. The summed E-state index contributed by atoms with van der Waals surface area (Å²) in [7, 11) is 0. The van der Waals surface area contributed by atoms with E-state index in [0.717, 1.165) is 5.57 Å². The summed E-state index contributed by atoms with van der Waals surface area (Å²) in [6.45, 7) is 3.38. The fourth-order valence-electron chi connectivity index (χ4n) is 2.07. The molecule has 0 bridgehead atoms. The lowest BCUT2D eigenvalue weighted by Gasteiger charge is -2.35. The Hall–Kier alpha value is -1.39. The highest BCUT2D eigenvalue weighted by Crippen LogP contribution is 2.34. The normalized spacial score (nSPS) is 33.5. The highest BCUT2D eigenvalue weighted by molar-refractivity contribution is 6.04. The molecule has 0 aromatic heterocycles. The first-order valence-corrected chi connectivity index (χ1v) is 5.61. The second-order valence-electron chi connectivity index (χ2n) is 4.54. The molecule has 1 aliphatic carbocycles. The molecular formula is C13H16O4. The molecule has 1 heterocycles. The molecule has 92 valence electrons. The van der Waals surface area contributed by atoms with Gasteiger partial charge in [0, 0.05) is 12.0 Å². The van der Waals surface area contributed by atoms with Crippen molar-refractivity contribution < 1.29 is 19.7 Å². The average Bonchev–Trinajstić information content (AvgIpc) is 2.27. The van der Waals surface area contributed by atoms with Gasteiger partial charge in [-0.05, 0) is 31.6 Å². The van der Waals surface area contributed by atoms with Gasteiger partial charge in [0.25, 0.3) is 0 Å². The van der Waals surface area contributed by atoms with Crippen LogP contribution < -0.4 is 0 Å².